The highest BCUT2D eigenvalue weighted by molar-refractivity contribution is 6.32. The van der Waals surface area contributed by atoms with Crippen molar-refractivity contribution >= 4 is 44.3 Å². The van der Waals surface area contributed by atoms with Crippen LogP contribution in [-0.2, 0) is 0 Å². The van der Waals surface area contributed by atoms with E-state index in [4.69, 9.17) is 31.0 Å². The Balaban J connectivity index is 1.55. The summed E-state index contributed by atoms with van der Waals surface area (Å²) in [5, 5.41) is 4.52. The van der Waals surface area contributed by atoms with E-state index in [1.54, 1.807) is 6.20 Å². The van der Waals surface area contributed by atoms with Crippen LogP contribution >= 0.6 is 11.6 Å². The van der Waals surface area contributed by atoms with Crippen LogP contribution in [0.2, 0.25) is 5.02 Å². The number of rotatable bonds is 3. The summed E-state index contributed by atoms with van der Waals surface area (Å²) in [6, 6.07) is 29.7. The molecule has 0 amide bonds. The van der Waals surface area contributed by atoms with E-state index in [-0.39, 0.29) is 0 Å². The molecule has 0 aliphatic heterocycles. The lowest BCUT2D eigenvalue weighted by atomic mass is 10.0. The third kappa shape index (κ3) is 3.49. The summed E-state index contributed by atoms with van der Waals surface area (Å²) in [4.78, 5) is 18.9. The Kier molecular flexibility index (Phi) is 4.76. The van der Waals surface area contributed by atoms with Gasteiger partial charge in [0, 0.05) is 56.3 Å². The van der Waals surface area contributed by atoms with Crippen molar-refractivity contribution < 1.29 is 4.42 Å². The van der Waals surface area contributed by atoms with Crippen LogP contribution in [0.1, 0.15) is 0 Å². The number of pyridine rings is 1. The van der Waals surface area contributed by atoms with Gasteiger partial charge in [-0.3, -0.25) is 4.98 Å². The van der Waals surface area contributed by atoms with Crippen LogP contribution < -0.4 is 0 Å². The molecule has 0 saturated carbocycles. The number of halogens is 1. The highest BCUT2D eigenvalue weighted by Crippen LogP contribution is 2.40. The van der Waals surface area contributed by atoms with Crippen LogP contribution in [0.3, 0.4) is 0 Å². The van der Waals surface area contributed by atoms with Gasteiger partial charge in [-0.05, 0) is 29.7 Å². The molecule has 3 heterocycles. The fourth-order valence-corrected chi connectivity index (χ4v) is 4.77. The first-order chi connectivity index (χ1) is 17.7. The van der Waals surface area contributed by atoms with E-state index in [2.05, 4.69) is 11.1 Å². The molecule has 3 aromatic heterocycles. The van der Waals surface area contributed by atoms with E-state index in [0.717, 1.165) is 43.8 Å². The molecule has 0 unspecified atom stereocenters. The Morgan fingerprint density at radius 1 is 0.611 bits per heavy atom. The van der Waals surface area contributed by atoms with Crippen molar-refractivity contribution in [3.05, 3.63) is 108 Å². The molecule has 0 atom stereocenters. The van der Waals surface area contributed by atoms with E-state index in [1.807, 2.05) is 91.1 Å². The topological polar surface area (TPSA) is 64.7 Å². The van der Waals surface area contributed by atoms with Crippen LogP contribution in [0, 0.1) is 0 Å². The highest BCUT2D eigenvalue weighted by Gasteiger charge is 2.19. The predicted octanol–water partition coefficient (Wildman–Crippen LogP) is 7.97. The average molecular weight is 485 g/mol. The summed E-state index contributed by atoms with van der Waals surface area (Å²) in [5.41, 5.74) is 4.05. The second kappa shape index (κ2) is 8.26. The third-order valence-corrected chi connectivity index (χ3v) is 6.45. The van der Waals surface area contributed by atoms with E-state index in [1.165, 1.54) is 0 Å². The second-order valence-electron chi connectivity index (χ2n) is 8.54. The predicted molar refractivity (Wildman–Crippen MR) is 144 cm³/mol. The third-order valence-electron chi connectivity index (χ3n) is 6.24. The largest absolute Gasteiger partial charge is 0.456 e. The smallest absolute Gasteiger partial charge is 0.164 e. The second-order valence-corrected chi connectivity index (χ2v) is 8.97. The maximum atomic E-state index is 6.58. The van der Waals surface area contributed by atoms with Crippen LogP contribution in [0.25, 0.3) is 66.9 Å². The molecule has 0 spiro atoms. The minimum Gasteiger partial charge on any atom is -0.456 e. The van der Waals surface area contributed by atoms with Crippen molar-refractivity contribution in [3.63, 3.8) is 0 Å². The fraction of sp³-hybridized carbons (Fsp3) is 0. The van der Waals surface area contributed by atoms with Crippen LogP contribution in [0.4, 0.5) is 0 Å². The molecule has 6 heteroatoms. The molecule has 0 aliphatic rings. The monoisotopic (exact) mass is 484 g/mol. The number of aromatic nitrogens is 4. The number of fused-ring (bicyclic) bond motifs is 4. The Morgan fingerprint density at radius 3 is 1.97 bits per heavy atom. The van der Waals surface area contributed by atoms with E-state index in [9.17, 15) is 0 Å². The lowest BCUT2D eigenvalue weighted by molar-refractivity contribution is 0.669. The number of nitrogens with zero attached hydrogens (tertiary/aromatic N) is 4. The molecule has 7 aromatic rings. The van der Waals surface area contributed by atoms with Crippen LogP contribution in [-0.4, -0.2) is 19.9 Å². The van der Waals surface area contributed by atoms with Crippen molar-refractivity contribution in [1.82, 2.24) is 19.9 Å². The van der Waals surface area contributed by atoms with Crippen molar-refractivity contribution in [2.24, 2.45) is 0 Å². The van der Waals surface area contributed by atoms with Crippen molar-refractivity contribution in [2.45, 2.75) is 0 Å². The summed E-state index contributed by atoms with van der Waals surface area (Å²) >= 11 is 6.58. The first kappa shape index (κ1) is 20.7. The molecule has 5 nitrogen and oxygen atoms in total. The van der Waals surface area contributed by atoms with Crippen molar-refractivity contribution in [2.75, 3.05) is 0 Å². The number of hydrogen-bond acceptors (Lipinski definition) is 5. The molecular formula is C30H17ClN4O. The normalized spacial score (nSPS) is 11.5. The Labute approximate surface area is 211 Å². The van der Waals surface area contributed by atoms with Gasteiger partial charge >= 0.3 is 0 Å². The lowest BCUT2D eigenvalue weighted by Crippen LogP contribution is -2.00. The number of furan rings is 1. The molecule has 0 fully saturated rings. The Hall–Kier alpha value is -4.61. The fourth-order valence-electron chi connectivity index (χ4n) is 4.56. The van der Waals surface area contributed by atoms with Gasteiger partial charge in [0.15, 0.2) is 17.5 Å². The van der Waals surface area contributed by atoms with Gasteiger partial charge in [0.05, 0.1) is 0 Å². The molecule has 7 rings (SSSR count). The molecular weight excluding hydrogens is 468 g/mol. The number of benzene rings is 4. The summed E-state index contributed by atoms with van der Waals surface area (Å²) in [6.07, 6.45) is 3.62. The zero-order valence-corrected chi connectivity index (χ0v) is 19.6. The number of hydrogen-bond donors (Lipinski definition) is 0. The SMILES string of the molecule is Clc1cc(-c2nc(-c3ccccc3)nc(-c3ccccc3)n2)c2c(c1)oc1cc3cnccc3cc12. The summed E-state index contributed by atoms with van der Waals surface area (Å²) in [7, 11) is 0. The average Bonchev–Trinajstić information content (AvgIpc) is 3.28. The standard InChI is InChI=1S/C30H17ClN4O/c31-22-15-24(27-23-13-20-11-12-32-17-21(20)14-25(23)36-26(27)16-22)30-34-28(18-7-3-1-4-8-18)33-29(35-30)19-9-5-2-6-10-19/h1-17H. The molecule has 0 bridgehead atoms. The van der Waals surface area contributed by atoms with Gasteiger partial charge in [-0.15, -0.1) is 0 Å². The first-order valence-corrected chi connectivity index (χ1v) is 11.9. The summed E-state index contributed by atoms with van der Waals surface area (Å²) in [5.74, 6) is 1.72. The zero-order chi connectivity index (χ0) is 24.1. The quantitative estimate of drug-likeness (QED) is 0.254. The summed E-state index contributed by atoms with van der Waals surface area (Å²) < 4.78 is 6.25. The van der Waals surface area contributed by atoms with Crippen LogP contribution in [0.15, 0.2) is 108 Å². The molecule has 0 saturated heterocycles. The lowest BCUT2D eigenvalue weighted by Gasteiger charge is -2.09. The Morgan fingerprint density at radius 2 is 1.28 bits per heavy atom. The Bertz CT molecular complexity index is 1840. The highest BCUT2D eigenvalue weighted by atomic mass is 35.5. The van der Waals surface area contributed by atoms with Gasteiger partial charge in [-0.25, -0.2) is 15.0 Å². The minimum atomic E-state index is 0.535. The van der Waals surface area contributed by atoms with Gasteiger partial charge in [-0.1, -0.05) is 72.3 Å². The molecule has 36 heavy (non-hydrogen) atoms. The first-order valence-electron chi connectivity index (χ1n) is 11.5. The molecule has 0 radical (unpaired) electrons. The maximum absolute atomic E-state index is 6.58. The van der Waals surface area contributed by atoms with E-state index < -0.39 is 0 Å². The van der Waals surface area contributed by atoms with Crippen LogP contribution in [0.5, 0.6) is 0 Å². The summed E-state index contributed by atoms with van der Waals surface area (Å²) in [6.45, 7) is 0. The molecule has 0 N–H and O–H groups in total. The molecule has 4 aromatic carbocycles. The van der Waals surface area contributed by atoms with Gasteiger partial charge < -0.3 is 4.42 Å². The van der Waals surface area contributed by atoms with Crippen molar-refractivity contribution in [3.8, 4) is 34.2 Å². The van der Waals surface area contributed by atoms with Gasteiger partial charge in [0.2, 0.25) is 0 Å². The van der Waals surface area contributed by atoms with E-state index in [0.29, 0.717) is 28.1 Å². The van der Waals surface area contributed by atoms with E-state index >= 15 is 0 Å². The van der Waals surface area contributed by atoms with Gasteiger partial charge in [0.25, 0.3) is 0 Å². The maximum Gasteiger partial charge on any atom is 0.164 e. The van der Waals surface area contributed by atoms with Gasteiger partial charge in [-0.2, -0.15) is 0 Å². The zero-order valence-electron chi connectivity index (χ0n) is 18.9. The molecule has 0 aliphatic carbocycles. The van der Waals surface area contributed by atoms with Crippen molar-refractivity contribution in [1.29, 1.82) is 0 Å². The minimum absolute atomic E-state index is 0.535. The molecule has 170 valence electrons. The van der Waals surface area contributed by atoms with Gasteiger partial charge in [0.1, 0.15) is 11.2 Å².